The molecule has 3 aliphatic rings. The van der Waals surface area contributed by atoms with Crippen LogP contribution < -0.4 is 0 Å². The van der Waals surface area contributed by atoms with Crippen LogP contribution in [-0.4, -0.2) is 22.5 Å². The van der Waals surface area contributed by atoms with Crippen LogP contribution in [0.2, 0.25) is 0 Å². The molecular weight excluding hydrogens is 364 g/mol. The second kappa shape index (κ2) is 6.65. The maximum Gasteiger partial charge on any atom is 0.183 e. The highest BCUT2D eigenvalue weighted by molar-refractivity contribution is 6.32. The number of hydrogen-bond acceptors (Lipinski definition) is 4. The van der Waals surface area contributed by atoms with Crippen LogP contribution in [0.1, 0.15) is 74.7 Å². The molecular formula is C25H36O4. The molecule has 2 fully saturated rings. The predicted molar refractivity (Wildman–Crippen MR) is 113 cm³/mol. The van der Waals surface area contributed by atoms with Crippen LogP contribution in [0.25, 0.3) is 0 Å². The number of carbonyl (C=O) groups excluding carboxylic acids is 3. The summed E-state index contributed by atoms with van der Waals surface area (Å²) in [7, 11) is 0. The molecule has 4 atom stereocenters. The van der Waals surface area contributed by atoms with Crippen molar-refractivity contribution < 1.29 is 19.5 Å². The Morgan fingerprint density at radius 3 is 2.21 bits per heavy atom. The van der Waals surface area contributed by atoms with Gasteiger partial charge >= 0.3 is 0 Å². The molecule has 0 amide bonds. The van der Waals surface area contributed by atoms with Gasteiger partial charge in [0, 0.05) is 5.92 Å². The Balaban J connectivity index is 2.29. The van der Waals surface area contributed by atoms with Crippen molar-refractivity contribution in [2.75, 3.05) is 0 Å². The third-order valence-corrected chi connectivity index (χ3v) is 8.14. The van der Waals surface area contributed by atoms with E-state index in [2.05, 4.69) is 27.7 Å². The molecule has 29 heavy (non-hydrogen) atoms. The first-order chi connectivity index (χ1) is 13.2. The Bertz CT molecular complexity index is 837. The van der Waals surface area contributed by atoms with Crippen LogP contribution in [0.4, 0.5) is 0 Å². The quantitative estimate of drug-likeness (QED) is 0.390. The van der Waals surface area contributed by atoms with Crippen molar-refractivity contribution in [1.82, 2.24) is 0 Å². The van der Waals surface area contributed by atoms with Gasteiger partial charge in [0.05, 0.1) is 10.8 Å². The minimum absolute atomic E-state index is 0.0931. The summed E-state index contributed by atoms with van der Waals surface area (Å²) in [4.78, 5) is 40.8. The number of ketones is 3. The van der Waals surface area contributed by atoms with E-state index >= 15 is 0 Å². The van der Waals surface area contributed by atoms with Gasteiger partial charge in [0.25, 0.3) is 0 Å². The normalized spacial score (nSPS) is 35.5. The molecule has 4 nitrogen and oxygen atoms in total. The Morgan fingerprint density at radius 2 is 1.72 bits per heavy atom. The number of hydrogen-bond donors (Lipinski definition) is 1. The molecule has 0 aromatic rings. The van der Waals surface area contributed by atoms with Crippen molar-refractivity contribution in [3.63, 3.8) is 0 Å². The molecule has 2 saturated carbocycles. The average molecular weight is 401 g/mol. The fourth-order valence-electron chi connectivity index (χ4n) is 6.59. The van der Waals surface area contributed by atoms with Gasteiger partial charge in [-0.2, -0.15) is 0 Å². The molecule has 0 aliphatic heterocycles. The van der Waals surface area contributed by atoms with E-state index in [1.807, 2.05) is 19.9 Å². The molecule has 0 heterocycles. The lowest BCUT2D eigenvalue weighted by Crippen LogP contribution is -2.50. The van der Waals surface area contributed by atoms with Gasteiger partial charge in [0.15, 0.2) is 17.3 Å². The van der Waals surface area contributed by atoms with Crippen molar-refractivity contribution in [3.05, 3.63) is 23.0 Å². The second-order valence-electron chi connectivity index (χ2n) is 11.1. The number of aliphatic hydroxyl groups excluding tert-OH is 1. The fraction of sp³-hybridized carbons (Fsp3) is 0.720. The predicted octanol–water partition coefficient (Wildman–Crippen LogP) is 5.23. The van der Waals surface area contributed by atoms with E-state index < -0.39 is 22.5 Å². The molecule has 3 aliphatic carbocycles. The number of Topliss-reactive ketones (excluding diaryl/α,β-unsaturated/α-hetero) is 3. The Hall–Kier alpha value is -1.71. The first kappa shape index (κ1) is 22.0. The summed E-state index contributed by atoms with van der Waals surface area (Å²) < 4.78 is 0. The highest BCUT2D eigenvalue weighted by atomic mass is 16.3. The zero-order valence-electron chi connectivity index (χ0n) is 19.2. The Labute approximate surface area is 174 Å². The molecule has 160 valence electrons. The molecule has 3 rings (SSSR count). The van der Waals surface area contributed by atoms with Crippen molar-refractivity contribution in [2.24, 2.45) is 39.9 Å². The number of fused-ring (bicyclic) bond motifs is 1. The van der Waals surface area contributed by atoms with Crippen LogP contribution in [0.3, 0.4) is 0 Å². The first-order valence-electron chi connectivity index (χ1n) is 11.0. The van der Waals surface area contributed by atoms with Gasteiger partial charge in [-0.05, 0) is 56.3 Å². The molecule has 1 N–H and O–H groups in total. The summed E-state index contributed by atoms with van der Waals surface area (Å²) in [5.41, 5.74) is -1.57. The summed E-state index contributed by atoms with van der Waals surface area (Å²) in [5, 5.41) is 11.3. The van der Waals surface area contributed by atoms with Crippen molar-refractivity contribution in [3.8, 4) is 0 Å². The van der Waals surface area contributed by atoms with E-state index in [1.165, 1.54) is 0 Å². The van der Waals surface area contributed by atoms with Crippen LogP contribution in [0, 0.1) is 39.9 Å². The molecule has 0 saturated heterocycles. The summed E-state index contributed by atoms with van der Waals surface area (Å²) in [6, 6.07) is 0. The second-order valence-corrected chi connectivity index (χ2v) is 11.1. The molecule has 2 bridgehead atoms. The number of rotatable bonds is 5. The number of carbonyl (C=O) groups is 3. The molecule has 0 aromatic carbocycles. The standard InChI is InChI=1S/C25H36O4/c1-13(2)9-10-24-12-17-23(7,8)16(14(3)4)11-25(17,22(24)29)21(28)18(20(24)27)19(26)15(5)6/h9,14-17,27H,10-12H2,1-8H3/t16-,17?,24?,25?/m1/s1. The summed E-state index contributed by atoms with van der Waals surface area (Å²) in [6.07, 6.45) is 3.24. The van der Waals surface area contributed by atoms with E-state index in [0.29, 0.717) is 25.2 Å². The highest BCUT2D eigenvalue weighted by Crippen LogP contribution is 2.72. The van der Waals surface area contributed by atoms with Gasteiger partial charge in [-0.1, -0.05) is 53.2 Å². The third kappa shape index (κ3) is 2.67. The molecule has 1 spiro atoms. The minimum atomic E-state index is -1.17. The van der Waals surface area contributed by atoms with Gasteiger partial charge < -0.3 is 5.11 Å². The van der Waals surface area contributed by atoms with Crippen molar-refractivity contribution in [2.45, 2.75) is 74.7 Å². The molecule has 0 radical (unpaired) electrons. The number of aliphatic hydroxyl groups is 1. The van der Waals surface area contributed by atoms with Gasteiger partial charge in [0.2, 0.25) is 0 Å². The van der Waals surface area contributed by atoms with Crippen molar-refractivity contribution in [1.29, 1.82) is 0 Å². The first-order valence-corrected chi connectivity index (χ1v) is 11.0. The zero-order chi connectivity index (χ0) is 22.1. The lowest BCUT2D eigenvalue weighted by molar-refractivity contribution is -0.145. The average Bonchev–Trinajstić information content (AvgIpc) is 2.97. The maximum absolute atomic E-state index is 14.0. The Kier molecular flexibility index (Phi) is 5.04. The highest BCUT2D eigenvalue weighted by Gasteiger charge is 2.77. The number of allylic oxidation sites excluding steroid dienone is 4. The van der Waals surface area contributed by atoms with Gasteiger partial charge in [-0.25, -0.2) is 0 Å². The monoisotopic (exact) mass is 400 g/mol. The largest absolute Gasteiger partial charge is 0.510 e. The SMILES string of the molecule is CC(C)=CCC12CC3C(C[C@H](C(C)C)C3(C)C)(C(=O)C(C(=O)C(C)C)=C1O)C2=O. The third-order valence-electron chi connectivity index (χ3n) is 8.14. The van der Waals surface area contributed by atoms with E-state index in [1.54, 1.807) is 13.8 Å². The minimum Gasteiger partial charge on any atom is -0.510 e. The van der Waals surface area contributed by atoms with E-state index in [0.717, 1.165) is 5.57 Å². The van der Waals surface area contributed by atoms with E-state index in [-0.39, 0.29) is 40.1 Å². The summed E-state index contributed by atoms with van der Waals surface area (Å²) >= 11 is 0. The topological polar surface area (TPSA) is 71.4 Å². The van der Waals surface area contributed by atoms with Crippen LogP contribution in [0.15, 0.2) is 23.0 Å². The van der Waals surface area contributed by atoms with Gasteiger partial charge in [-0.15, -0.1) is 0 Å². The molecule has 4 heteroatoms. The smallest absolute Gasteiger partial charge is 0.183 e. The summed E-state index contributed by atoms with van der Waals surface area (Å²) in [6.45, 7) is 16.0. The zero-order valence-corrected chi connectivity index (χ0v) is 19.2. The van der Waals surface area contributed by atoms with Crippen LogP contribution in [0.5, 0.6) is 0 Å². The lowest BCUT2D eigenvalue weighted by atomic mass is 9.62. The van der Waals surface area contributed by atoms with Crippen molar-refractivity contribution >= 4 is 17.3 Å². The van der Waals surface area contributed by atoms with E-state index in [4.69, 9.17) is 0 Å². The van der Waals surface area contributed by atoms with E-state index in [9.17, 15) is 19.5 Å². The van der Waals surface area contributed by atoms with Gasteiger partial charge in [-0.3, -0.25) is 14.4 Å². The molecule has 3 unspecified atom stereocenters. The van der Waals surface area contributed by atoms with Crippen LogP contribution in [-0.2, 0) is 14.4 Å². The van der Waals surface area contributed by atoms with Crippen LogP contribution >= 0.6 is 0 Å². The molecule has 0 aromatic heterocycles. The lowest BCUT2D eigenvalue weighted by Gasteiger charge is -2.38. The van der Waals surface area contributed by atoms with Gasteiger partial charge in [0.1, 0.15) is 11.3 Å². The summed E-state index contributed by atoms with van der Waals surface area (Å²) in [5.74, 6) is -1.18. The maximum atomic E-state index is 14.0. The Morgan fingerprint density at radius 1 is 1.14 bits per heavy atom. The fourth-order valence-corrected chi connectivity index (χ4v) is 6.59.